The van der Waals surface area contributed by atoms with Gasteiger partial charge >= 0.3 is 0 Å². The molecule has 0 atom stereocenters. The molecule has 0 unspecified atom stereocenters. The smallest absolute Gasteiger partial charge is 0.165 e. The van der Waals surface area contributed by atoms with Gasteiger partial charge in [0.05, 0.1) is 12.7 Å². The van der Waals surface area contributed by atoms with E-state index in [1.54, 1.807) is 7.11 Å². The Morgan fingerprint density at radius 2 is 2.10 bits per heavy atom. The number of nitrogens with one attached hydrogen (secondary N) is 1. The first-order valence-corrected chi connectivity index (χ1v) is 7.08. The third-order valence-corrected chi connectivity index (χ3v) is 3.60. The molecule has 3 N–H and O–H groups in total. The highest BCUT2D eigenvalue weighted by Crippen LogP contribution is 2.32. The molecule has 20 heavy (non-hydrogen) atoms. The molecule has 5 nitrogen and oxygen atoms in total. The molecule has 0 fully saturated rings. The molecular weight excluding hydrogens is 320 g/mol. The second kappa shape index (κ2) is 6.19. The number of anilines is 1. The molecular formula is C14H17BrN4O. The SMILES string of the molecule is CCc1c(C)nc(-c2cc(Br)ccc2OC)nc1NN. The van der Waals surface area contributed by atoms with E-state index in [-0.39, 0.29) is 0 Å². The number of hydrogen-bond donors (Lipinski definition) is 2. The molecule has 106 valence electrons. The Bertz CT molecular complexity index is 631. The van der Waals surface area contributed by atoms with Gasteiger partial charge in [-0.2, -0.15) is 0 Å². The maximum absolute atomic E-state index is 5.56. The van der Waals surface area contributed by atoms with Crippen LogP contribution in [0.4, 0.5) is 5.82 Å². The molecule has 0 aliphatic rings. The molecule has 0 amide bonds. The Morgan fingerprint density at radius 3 is 2.70 bits per heavy atom. The summed E-state index contributed by atoms with van der Waals surface area (Å²) in [6.45, 7) is 4.00. The molecule has 0 radical (unpaired) electrons. The fourth-order valence-electron chi connectivity index (χ4n) is 2.11. The second-order valence-corrected chi connectivity index (χ2v) is 5.22. The first-order valence-electron chi connectivity index (χ1n) is 6.28. The quantitative estimate of drug-likeness (QED) is 0.663. The first-order chi connectivity index (χ1) is 9.60. The predicted molar refractivity (Wildman–Crippen MR) is 83.6 cm³/mol. The van der Waals surface area contributed by atoms with Crippen LogP contribution in [-0.2, 0) is 6.42 Å². The normalized spacial score (nSPS) is 10.4. The monoisotopic (exact) mass is 336 g/mol. The van der Waals surface area contributed by atoms with Gasteiger partial charge in [-0.1, -0.05) is 22.9 Å². The summed E-state index contributed by atoms with van der Waals surface area (Å²) < 4.78 is 6.31. The van der Waals surface area contributed by atoms with Gasteiger partial charge in [-0.05, 0) is 31.5 Å². The standard InChI is InChI=1S/C14H17BrN4O/c1-4-10-8(2)17-13(18-14(10)19-16)11-7-9(15)5-6-12(11)20-3/h5-7H,4,16H2,1-3H3,(H,17,18,19). The van der Waals surface area contributed by atoms with Gasteiger partial charge < -0.3 is 10.2 Å². The summed E-state index contributed by atoms with van der Waals surface area (Å²) in [7, 11) is 1.63. The number of aryl methyl sites for hydroxylation is 1. The van der Waals surface area contributed by atoms with Crippen LogP contribution in [0.15, 0.2) is 22.7 Å². The number of hydrazine groups is 1. The lowest BCUT2D eigenvalue weighted by molar-refractivity contribution is 0.416. The van der Waals surface area contributed by atoms with Crippen LogP contribution >= 0.6 is 15.9 Å². The average Bonchev–Trinajstić information content (AvgIpc) is 2.46. The van der Waals surface area contributed by atoms with Crippen molar-refractivity contribution < 1.29 is 4.74 Å². The van der Waals surface area contributed by atoms with Crippen LogP contribution in [0.3, 0.4) is 0 Å². The summed E-state index contributed by atoms with van der Waals surface area (Å²) in [5.74, 6) is 7.52. The Hall–Kier alpha value is -1.66. The zero-order chi connectivity index (χ0) is 14.7. The van der Waals surface area contributed by atoms with Crippen LogP contribution in [-0.4, -0.2) is 17.1 Å². The van der Waals surface area contributed by atoms with Crippen LogP contribution in [0.1, 0.15) is 18.2 Å². The van der Waals surface area contributed by atoms with Gasteiger partial charge in [-0.25, -0.2) is 15.8 Å². The van der Waals surface area contributed by atoms with Gasteiger partial charge in [-0.3, -0.25) is 0 Å². The van der Waals surface area contributed by atoms with E-state index in [0.29, 0.717) is 11.6 Å². The van der Waals surface area contributed by atoms with E-state index in [1.165, 1.54) is 0 Å². The van der Waals surface area contributed by atoms with Crippen molar-refractivity contribution in [3.63, 3.8) is 0 Å². The van der Waals surface area contributed by atoms with Crippen molar-refractivity contribution in [3.05, 3.63) is 33.9 Å². The highest BCUT2D eigenvalue weighted by molar-refractivity contribution is 9.10. The van der Waals surface area contributed by atoms with E-state index in [9.17, 15) is 0 Å². The lowest BCUT2D eigenvalue weighted by Gasteiger charge is -2.13. The Kier molecular flexibility index (Phi) is 4.57. The summed E-state index contributed by atoms with van der Waals surface area (Å²) >= 11 is 3.45. The summed E-state index contributed by atoms with van der Waals surface area (Å²) in [6.07, 6.45) is 0.821. The fourth-order valence-corrected chi connectivity index (χ4v) is 2.48. The van der Waals surface area contributed by atoms with Crippen molar-refractivity contribution in [2.24, 2.45) is 5.84 Å². The van der Waals surface area contributed by atoms with Gasteiger partial charge in [0.2, 0.25) is 0 Å². The molecule has 0 aliphatic carbocycles. The lowest BCUT2D eigenvalue weighted by atomic mass is 10.1. The molecule has 6 heteroatoms. The van der Waals surface area contributed by atoms with E-state index in [0.717, 1.165) is 33.5 Å². The summed E-state index contributed by atoms with van der Waals surface area (Å²) in [6, 6.07) is 5.72. The van der Waals surface area contributed by atoms with Crippen molar-refractivity contribution in [1.82, 2.24) is 9.97 Å². The van der Waals surface area contributed by atoms with Crippen molar-refractivity contribution >= 4 is 21.7 Å². The van der Waals surface area contributed by atoms with Gasteiger partial charge in [0.15, 0.2) is 5.82 Å². The number of hydrogen-bond acceptors (Lipinski definition) is 5. The predicted octanol–water partition coefficient (Wildman–Crippen LogP) is 3.07. The highest BCUT2D eigenvalue weighted by Gasteiger charge is 2.14. The number of halogens is 1. The Morgan fingerprint density at radius 1 is 1.35 bits per heavy atom. The maximum Gasteiger partial charge on any atom is 0.165 e. The third-order valence-electron chi connectivity index (χ3n) is 3.11. The number of aromatic nitrogens is 2. The molecule has 0 saturated heterocycles. The number of nitrogen functional groups attached to an aromatic ring is 1. The topological polar surface area (TPSA) is 73.1 Å². The van der Waals surface area contributed by atoms with E-state index in [4.69, 9.17) is 10.6 Å². The molecule has 1 aromatic carbocycles. The van der Waals surface area contributed by atoms with E-state index in [2.05, 4.69) is 31.3 Å². The lowest BCUT2D eigenvalue weighted by Crippen LogP contribution is -2.13. The molecule has 0 bridgehead atoms. The van der Waals surface area contributed by atoms with Gasteiger partial charge in [0.1, 0.15) is 11.6 Å². The zero-order valence-corrected chi connectivity index (χ0v) is 13.3. The van der Waals surface area contributed by atoms with Gasteiger partial charge in [0.25, 0.3) is 0 Å². The molecule has 2 rings (SSSR count). The summed E-state index contributed by atoms with van der Waals surface area (Å²) in [5.41, 5.74) is 5.40. The van der Waals surface area contributed by atoms with E-state index >= 15 is 0 Å². The van der Waals surface area contributed by atoms with Crippen molar-refractivity contribution in [2.75, 3.05) is 12.5 Å². The number of methoxy groups -OCH3 is 1. The third kappa shape index (κ3) is 2.76. The Labute approximate surface area is 126 Å². The van der Waals surface area contributed by atoms with Crippen LogP contribution in [0.25, 0.3) is 11.4 Å². The molecule has 1 heterocycles. The first kappa shape index (κ1) is 14.7. The highest BCUT2D eigenvalue weighted by atomic mass is 79.9. The second-order valence-electron chi connectivity index (χ2n) is 4.30. The van der Waals surface area contributed by atoms with Crippen molar-refractivity contribution in [1.29, 1.82) is 0 Å². The van der Waals surface area contributed by atoms with E-state index in [1.807, 2.05) is 32.0 Å². The van der Waals surface area contributed by atoms with Crippen molar-refractivity contribution in [3.8, 4) is 17.1 Å². The van der Waals surface area contributed by atoms with Crippen molar-refractivity contribution in [2.45, 2.75) is 20.3 Å². The summed E-state index contributed by atoms with van der Waals surface area (Å²) in [5, 5.41) is 0. The fraction of sp³-hybridized carbons (Fsp3) is 0.286. The largest absolute Gasteiger partial charge is 0.496 e. The molecule has 2 aromatic rings. The number of ether oxygens (including phenoxy) is 1. The molecule has 0 spiro atoms. The minimum atomic E-state index is 0.589. The van der Waals surface area contributed by atoms with Crippen LogP contribution < -0.4 is 16.0 Å². The van der Waals surface area contributed by atoms with Crippen LogP contribution in [0.2, 0.25) is 0 Å². The zero-order valence-electron chi connectivity index (χ0n) is 11.7. The minimum absolute atomic E-state index is 0.589. The van der Waals surface area contributed by atoms with Gasteiger partial charge in [0, 0.05) is 15.7 Å². The Balaban J connectivity index is 2.64. The maximum atomic E-state index is 5.56. The van der Waals surface area contributed by atoms with Gasteiger partial charge in [-0.15, -0.1) is 0 Å². The van der Waals surface area contributed by atoms with E-state index < -0.39 is 0 Å². The van der Waals surface area contributed by atoms with Crippen LogP contribution in [0, 0.1) is 6.92 Å². The molecule has 0 aliphatic heterocycles. The molecule has 0 saturated carbocycles. The minimum Gasteiger partial charge on any atom is -0.496 e. The number of nitrogens with two attached hydrogens (primary N) is 1. The number of benzene rings is 1. The summed E-state index contributed by atoms with van der Waals surface area (Å²) in [4.78, 5) is 9.06. The number of rotatable bonds is 4. The number of nitrogens with zero attached hydrogens (tertiary/aromatic N) is 2. The molecule has 1 aromatic heterocycles. The average molecular weight is 337 g/mol. The van der Waals surface area contributed by atoms with Crippen LogP contribution in [0.5, 0.6) is 5.75 Å².